The van der Waals surface area contributed by atoms with Crippen LogP contribution in [0, 0.1) is 24.0 Å². The van der Waals surface area contributed by atoms with Gasteiger partial charge in [0.1, 0.15) is 0 Å². The van der Waals surface area contributed by atoms with Gasteiger partial charge in [-0.25, -0.2) is 0 Å². The zero-order valence-electron chi connectivity index (χ0n) is 15.4. The Morgan fingerprint density at radius 2 is 1.85 bits per heavy atom. The molecule has 2 aromatic carbocycles. The first-order valence-corrected chi connectivity index (χ1v) is 8.40. The first kappa shape index (κ1) is 19.2. The largest absolute Gasteiger partial charge is 0.490 e. The SMILES string of the molecule is CCOc1cc(/C=N/Nc2ccc(C)c(C)c2)cc([N+](=O)[O-])c1OCC. The van der Waals surface area contributed by atoms with Crippen molar-refractivity contribution in [1.82, 2.24) is 0 Å². The van der Waals surface area contributed by atoms with Crippen LogP contribution in [0.25, 0.3) is 0 Å². The second-order valence-electron chi connectivity index (χ2n) is 5.66. The molecule has 0 heterocycles. The lowest BCUT2D eigenvalue weighted by molar-refractivity contribution is -0.385. The fraction of sp³-hybridized carbons (Fsp3) is 0.316. The summed E-state index contributed by atoms with van der Waals surface area (Å²) in [5, 5.41) is 15.5. The Morgan fingerprint density at radius 1 is 1.12 bits per heavy atom. The summed E-state index contributed by atoms with van der Waals surface area (Å²) < 4.78 is 10.9. The molecule has 0 aliphatic rings. The molecule has 26 heavy (non-hydrogen) atoms. The summed E-state index contributed by atoms with van der Waals surface area (Å²) in [4.78, 5) is 10.9. The molecule has 2 aromatic rings. The van der Waals surface area contributed by atoms with Crippen molar-refractivity contribution >= 4 is 17.6 Å². The molecular formula is C19H23N3O4. The quantitative estimate of drug-likeness (QED) is 0.428. The van der Waals surface area contributed by atoms with Crippen LogP contribution in [0.2, 0.25) is 0 Å². The fourth-order valence-corrected chi connectivity index (χ4v) is 2.36. The number of nitro groups is 1. The van der Waals surface area contributed by atoms with Crippen molar-refractivity contribution in [2.75, 3.05) is 18.6 Å². The van der Waals surface area contributed by atoms with Crippen LogP contribution in [0.4, 0.5) is 11.4 Å². The molecule has 0 amide bonds. The van der Waals surface area contributed by atoms with Crippen LogP contribution in [0.15, 0.2) is 35.4 Å². The number of anilines is 1. The molecule has 0 bridgehead atoms. The number of ether oxygens (including phenoxy) is 2. The zero-order valence-corrected chi connectivity index (χ0v) is 15.4. The Bertz CT molecular complexity index is 819. The van der Waals surface area contributed by atoms with Crippen LogP contribution in [0.3, 0.4) is 0 Å². The van der Waals surface area contributed by atoms with Crippen molar-refractivity contribution in [3.05, 3.63) is 57.1 Å². The van der Waals surface area contributed by atoms with E-state index in [0.717, 1.165) is 11.3 Å². The summed E-state index contributed by atoms with van der Waals surface area (Å²) >= 11 is 0. The van der Waals surface area contributed by atoms with Crippen molar-refractivity contribution in [3.63, 3.8) is 0 Å². The molecule has 0 radical (unpaired) electrons. The Balaban J connectivity index is 2.29. The van der Waals surface area contributed by atoms with Gasteiger partial charge in [0.2, 0.25) is 5.75 Å². The summed E-state index contributed by atoms with van der Waals surface area (Å²) in [5.41, 5.74) is 6.52. The second-order valence-corrected chi connectivity index (χ2v) is 5.66. The minimum atomic E-state index is -0.485. The van der Waals surface area contributed by atoms with Crippen LogP contribution in [0.5, 0.6) is 11.5 Å². The van der Waals surface area contributed by atoms with Gasteiger partial charge in [-0.15, -0.1) is 0 Å². The first-order valence-electron chi connectivity index (χ1n) is 8.40. The van der Waals surface area contributed by atoms with Crippen LogP contribution < -0.4 is 14.9 Å². The molecule has 0 fully saturated rings. The molecule has 2 rings (SSSR count). The van der Waals surface area contributed by atoms with Gasteiger partial charge in [0.25, 0.3) is 0 Å². The molecule has 0 aliphatic heterocycles. The lowest BCUT2D eigenvalue weighted by Gasteiger charge is -2.11. The van der Waals surface area contributed by atoms with Crippen LogP contribution in [0.1, 0.15) is 30.5 Å². The molecule has 0 aromatic heterocycles. The third-order valence-electron chi connectivity index (χ3n) is 3.76. The maximum absolute atomic E-state index is 11.4. The fourth-order valence-electron chi connectivity index (χ4n) is 2.36. The number of hydrazone groups is 1. The standard InChI is InChI=1S/C19H23N3O4/c1-5-25-18-11-15(10-17(22(23)24)19(18)26-6-2)12-20-21-16-8-7-13(3)14(4)9-16/h7-12,21H,5-6H2,1-4H3/b20-12+. The van der Waals surface area contributed by atoms with Gasteiger partial charge < -0.3 is 9.47 Å². The highest BCUT2D eigenvalue weighted by Gasteiger charge is 2.22. The van der Waals surface area contributed by atoms with E-state index in [1.807, 2.05) is 39.0 Å². The smallest absolute Gasteiger partial charge is 0.315 e. The third kappa shape index (κ3) is 4.72. The monoisotopic (exact) mass is 357 g/mol. The molecule has 0 spiro atoms. The van der Waals surface area contributed by atoms with E-state index >= 15 is 0 Å². The van der Waals surface area contributed by atoms with Crippen molar-refractivity contribution in [3.8, 4) is 11.5 Å². The maximum Gasteiger partial charge on any atom is 0.315 e. The highest BCUT2D eigenvalue weighted by atomic mass is 16.6. The molecule has 0 aliphatic carbocycles. The van der Waals surface area contributed by atoms with Gasteiger partial charge in [0, 0.05) is 11.6 Å². The van der Waals surface area contributed by atoms with Gasteiger partial charge in [0.05, 0.1) is 30.0 Å². The summed E-state index contributed by atoms with van der Waals surface area (Å²) in [6.45, 7) is 8.32. The Kier molecular flexibility index (Phi) is 6.54. The minimum absolute atomic E-state index is 0.138. The van der Waals surface area contributed by atoms with Crippen molar-refractivity contribution < 1.29 is 14.4 Å². The van der Waals surface area contributed by atoms with Gasteiger partial charge >= 0.3 is 5.69 Å². The van der Waals surface area contributed by atoms with E-state index in [1.54, 1.807) is 13.0 Å². The number of nitrogens with one attached hydrogen (secondary N) is 1. The lowest BCUT2D eigenvalue weighted by Crippen LogP contribution is -2.03. The highest BCUT2D eigenvalue weighted by molar-refractivity contribution is 5.83. The van der Waals surface area contributed by atoms with Crippen LogP contribution in [-0.4, -0.2) is 24.4 Å². The average Bonchev–Trinajstić information content (AvgIpc) is 2.60. The van der Waals surface area contributed by atoms with E-state index in [4.69, 9.17) is 9.47 Å². The summed E-state index contributed by atoms with van der Waals surface area (Å²) in [6.07, 6.45) is 1.51. The minimum Gasteiger partial charge on any atom is -0.490 e. The third-order valence-corrected chi connectivity index (χ3v) is 3.76. The van der Waals surface area contributed by atoms with E-state index in [9.17, 15) is 10.1 Å². The van der Waals surface area contributed by atoms with Gasteiger partial charge in [-0.1, -0.05) is 6.07 Å². The van der Waals surface area contributed by atoms with Crippen molar-refractivity contribution in [2.45, 2.75) is 27.7 Å². The molecular weight excluding hydrogens is 334 g/mol. The molecule has 7 heteroatoms. The summed E-state index contributed by atoms with van der Waals surface area (Å²) in [7, 11) is 0. The van der Waals surface area contributed by atoms with Gasteiger partial charge in [-0.3, -0.25) is 15.5 Å². The Labute approximate surface area is 152 Å². The number of nitrogens with zero attached hydrogens (tertiary/aromatic N) is 2. The van der Waals surface area contributed by atoms with E-state index in [2.05, 4.69) is 10.5 Å². The van der Waals surface area contributed by atoms with Crippen molar-refractivity contribution in [2.24, 2.45) is 5.10 Å². The van der Waals surface area contributed by atoms with Gasteiger partial charge in [0.15, 0.2) is 5.75 Å². The summed E-state index contributed by atoms with van der Waals surface area (Å²) in [6, 6.07) is 9.00. The molecule has 0 unspecified atom stereocenters. The lowest BCUT2D eigenvalue weighted by atomic mass is 10.1. The predicted molar refractivity (Wildman–Crippen MR) is 103 cm³/mol. The summed E-state index contributed by atoms with van der Waals surface area (Å²) in [5.74, 6) is 0.467. The van der Waals surface area contributed by atoms with E-state index in [1.165, 1.54) is 17.8 Å². The van der Waals surface area contributed by atoms with Gasteiger partial charge in [-0.2, -0.15) is 5.10 Å². The number of benzene rings is 2. The maximum atomic E-state index is 11.4. The number of rotatable bonds is 8. The molecule has 0 atom stereocenters. The Hall–Kier alpha value is -3.09. The number of nitro benzene ring substituents is 1. The Morgan fingerprint density at radius 3 is 2.46 bits per heavy atom. The second kappa shape index (κ2) is 8.84. The normalized spacial score (nSPS) is 10.8. The molecule has 0 saturated heterocycles. The van der Waals surface area contributed by atoms with Crippen molar-refractivity contribution in [1.29, 1.82) is 0 Å². The molecule has 1 N–H and O–H groups in total. The van der Waals surface area contributed by atoms with Gasteiger partial charge in [-0.05, 0) is 57.0 Å². The molecule has 0 saturated carbocycles. The topological polar surface area (TPSA) is 86.0 Å². The molecule has 7 nitrogen and oxygen atoms in total. The number of hydrogen-bond acceptors (Lipinski definition) is 6. The predicted octanol–water partition coefficient (Wildman–Crippen LogP) is 4.46. The zero-order chi connectivity index (χ0) is 19.1. The number of hydrogen-bond donors (Lipinski definition) is 1. The van der Waals surface area contributed by atoms with E-state index in [0.29, 0.717) is 24.5 Å². The van der Waals surface area contributed by atoms with Crippen LogP contribution >= 0.6 is 0 Å². The van der Waals surface area contributed by atoms with Crippen LogP contribution in [-0.2, 0) is 0 Å². The number of aryl methyl sites for hydroxylation is 2. The molecule has 138 valence electrons. The first-order chi connectivity index (χ1) is 12.5. The van der Waals surface area contributed by atoms with E-state index in [-0.39, 0.29) is 11.4 Å². The van der Waals surface area contributed by atoms with E-state index < -0.39 is 4.92 Å². The average molecular weight is 357 g/mol. The highest BCUT2D eigenvalue weighted by Crippen LogP contribution is 2.38.